The normalized spacial score (nSPS) is 13.0. The monoisotopic (exact) mass is 341 g/mol. The fourth-order valence-electron chi connectivity index (χ4n) is 1.92. The van der Waals surface area contributed by atoms with Crippen LogP contribution in [0.3, 0.4) is 0 Å². The number of aliphatic carboxylic acids is 1. The van der Waals surface area contributed by atoms with Gasteiger partial charge in [-0.15, -0.1) is 0 Å². The highest BCUT2D eigenvalue weighted by Gasteiger charge is 2.32. The van der Waals surface area contributed by atoms with Gasteiger partial charge < -0.3 is 15.2 Å². The molecule has 0 aliphatic carbocycles. The summed E-state index contributed by atoms with van der Waals surface area (Å²) in [6, 6.07) is 4.66. The van der Waals surface area contributed by atoms with Crippen LogP contribution in [0, 0.1) is 0 Å². The van der Waals surface area contributed by atoms with Crippen LogP contribution in [0.2, 0.25) is 5.02 Å². The van der Waals surface area contributed by atoms with Crippen molar-refractivity contribution in [3.8, 4) is 5.75 Å². The Bertz CT molecular complexity index is 616. The molecule has 1 aromatic rings. The summed E-state index contributed by atoms with van der Waals surface area (Å²) in [5, 5.41) is 12.0. The lowest BCUT2D eigenvalue weighted by Crippen LogP contribution is -2.51. The summed E-state index contributed by atoms with van der Waals surface area (Å²) in [6.45, 7) is 3.09. The van der Waals surface area contributed by atoms with E-state index in [1.807, 2.05) is 0 Å². The fraction of sp³-hybridized carbons (Fsp3) is 0.438. The molecule has 0 radical (unpaired) electrons. The lowest BCUT2D eigenvalue weighted by Gasteiger charge is -2.24. The van der Waals surface area contributed by atoms with E-state index in [0.717, 1.165) is 0 Å². The van der Waals surface area contributed by atoms with Gasteiger partial charge in [-0.3, -0.25) is 9.59 Å². The molecular formula is C16H20ClNO5. The molecule has 2 N–H and O–H groups in total. The highest BCUT2D eigenvalue weighted by molar-refractivity contribution is 6.31. The van der Waals surface area contributed by atoms with Crippen LogP contribution in [0.25, 0.3) is 0 Å². The molecule has 1 unspecified atom stereocenters. The molecule has 23 heavy (non-hydrogen) atoms. The van der Waals surface area contributed by atoms with Gasteiger partial charge in [-0.1, -0.05) is 18.5 Å². The van der Waals surface area contributed by atoms with Crippen LogP contribution in [0.5, 0.6) is 5.75 Å². The average Bonchev–Trinajstić information content (AvgIpc) is 2.52. The zero-order valence-electron chi connectivity index (χ0n) is 13.3. The molecule has 1 rings (SSSR count). The Kier molecular flexibility index (Phi) is 6.57. The molecule has 126 valence electrons. The Morgan fingerprint density at radius 1 is 1.30 bits per heavy atom. The van der Waals surface area contributed by atoms with E-state index in [-0.39, 0.29) is 25.0 Å². The summed E-state index contributed by atoms with van der Waals surface area (Å²) in [5.74, 6) is -1.53. The van der Waals surface area contributed by atoms with Gasteiger partial charge in [0.2, 0.25) is 5.91 Å². The van der Waals surface area contributed by atoms with Crippen molar-refractivity contribution in [1.82, 2.24) is 5.32 Å². The highest BCUT2D eigenvalue weighted by Crippen LogP contribution is 2.24. The number of ketones is 1. The van der Waals surface area contributed by atoms with Gasteiger partial charge in [0.15, 0.2) is 5.78 Å². The van der Waals surface area contributed by atoms with Crippen LogP contribution < -0.4 is 10.1 Å². The molecule has 0 aromatic heterocycles. The Morgan fingerprint density at radius 3 is 2.48 bits per heavy atom. The smallest absolute Gasteiger partial charge is 0.329 e. The van der Waals surface area contributed by atoms with E-state index in [9.17, 15) is 14.4 Å². The van der Waals surface area contributed by atoms with Crippen molar-refractivity contribution in [1.29, 1.82) is 0 Å². The van der Waals surface area contributed by atoms with E-state index in [4.69, 9.17) is 21.4 Å². The SMILES string of the molecule is CCC(C)(NC(=O)CCC(=O)c1cc(Cl)ccc1OC)C(=O)O. The number of hydrogen-bond donors (Lipinski definition) is 2. The molecule has 0 heterocycles. The minimum absolute atomic E-state index is 0.0675. The van der Waals surface area contributed by atoms with Gasteiger partial charge in [0.25, 0.3) is 0 Å². The number of rotatable bonds is 8. The summed E-state index contributed by atoms with van der Waals surface area (Å²) in [4.78, 5) is 35.3. The minimum Gasteiger partial charge on any atom is -0.496 e. The van der Waals surface area contributed by atoms with Gasteiger partial charge in [0.05, 0.1) is 12.7 Å². The number of hydrogen-bond acceptors (Lipinski definition) is 4. The predicted octanol–water partition coefficient (Wildman–Crippen LogP) is 2.68. The number of ether oxygens (including phenoxy) is 1. The molecule has 0 bridgehead atoms. The van der Waals surface area contributed by atoms with E-state index in [1.54, 1.807) is 19.1 Å². The number of benzene rings is 1. The van der Waals surface area contributed by atoms with Crippen molar-refractivity contribution >= 4 is 29.3 Å². The standard InChI is InChI=1S/C16H20ClNO5/c1-4-16(2,15(21)22)18-14(20)8-6-12(19)11-9-10(17)5-7-13(11)23-3/h5,7,9H,4,6,8H2,1-3H3,(H,18,20)(H,21,22). The molecule has 7 heteroatoms. The first-order valence-electron chi connectivity index (χ1n) is 7.14. The number of Topliss-reactive ketones (excluding diaryl/α,β-unsaturated/α-hetero) is 1. The van der Waals surface area contributed by atoms with Crippen LogP contribution in [0.1, 0.15) is 43.5 Å². The van der Waals surface area contributed by atoms with E-state index in [2.05, 4.69) is 5.32 Å². The predicted molar refractivity (Wildman–Crippen MR) is 86.0 cm³/mol. The van der Waals surface area contributed by atoms with Gasteiger partial charge in [-0.25, -0.2) is 4.79 Å². The van der Waals surface area contributed by atoms with Crippen LogP contribution in [0.4, 0.5) is 0 Å². The van der Waals surface area contributed by atoms with E-state index < -0.39 is 17.4 Å². The molecule has 0 saturated heterocycles. The van der Waals surface area contributed by atoms with Gasteiger partial charge in [-0.2, -0.15) is 0 Å². The lowest BCUT2D eigenvalue weighted by molar-refractivity contribution is -0.147. The molecule has 6 nitrogen and oxygen atoms in total. The summed E-state index contributed by atoms with van der Waals surface area (Å²) >= 11 is 5.87. The number of carboxylic acid groups (broad SMARTS) is 1. The maximum absolute atomic E-state index is 12.2. The first-order chi connectivity index (χ1) is 10.7. The second-order valence-electron chi connectivity index (χ2n) is 5.31. The van der Waals surface area contributed by atoms with Crippen LogP contribution >= 0.6 is 11.6 Å². The molecule has 0 aliphatic rings. The third-order valence-corrected chi connectivity index (χ3v) is 3.87. The Morgan fingerprint density at radius 2 is 1.96 bits per heavy atom. The highest BCUT2D eigenvalue weighted by atomic mass is 35.5. The number of carbonyl (C=O) groups excluding carboxylic acids is 2. The number of halogens is 1. The largest absolute Gasteiger partial charge is 0.496 e. The number of carbonyl (C=O) groups is 3. The number of amides is 1. The molecule has 1 aromatic carbocycles. The van der Waals surface area contributed by atoms with Gasteiger partial charge >= 0.3 is 5.97 Å². The fourth-order valence-corrected chi connectivity index (χ4v) is 2.10. The van der Waals surface area contributed by atoms with Crippen LogP contribution in [0.15, 0.2) is 18.2 Å². The van der Waals surface area contributed by atoms with E-state index >= 15 is 0 Å². The number of methoxy groups -OCH3 is 1. The van der Waals surface area contributed by atoms with Crippen molar-refractivity contribution < 1.29 is 24.2 Å². The molecule has 0 aliphatic heterocycles. The Hall–Kier alpha value is -2.08. The summed E-state index contributed by atoms with van der Waals surface area (Å²) in [6.07, 6.45) is 0.0590. The van der Waals surface area contributed by atoms with Gasteiger partial charge in [-0.05, 0) is 31.5 Å². The molecular weight excluding hydrogens is 322 g/mol. The third-order valence-electron chi connectivity index (χ3n) is 3.64. The Labute approximate surface area is 139 Å². The van der Waals surface area contributed by atoms with E-state index in [0.29, 0.717) is 16.3 Å². The maximum atomic E-state index is 12.2. The number of carboxylic acids is 1. The van der Waals surface area contributed by atoms with Crippen molar-refractivity contribution in [3.05, 3.63) is 28.8 Å². The Balaban J connectivity index is 2.71. The summed E-state index contributed by atoms with van der Waals surface area (Å²) in [5.41, 5.74) is -1.04. The molecule has 1 amide bonds. The maximum Gasteiger partial charge on any atom is 0.329 e. The average molecular weight is 342 g/mol. The van der Waals surface area contributed by atoms with Crippen molar-refractivity contribution in [2.45, 2.75) is 38.6 Å². The minimum atomic E-state index is -1.34. The molecule has 0 fully saturated rings. The zero-order chi connectivity index (χ0) is 17.6. The van der Waals surface area contributed by atoms with Crippen molar-refractivity contribution in [2.75, 3.05) is 7.11 Å². The number of nitrogens with one attached hydrogen (secondary N) is 1. The molecule has 0 saturated carbocycles. The zero-order valence-corrected chi connectivity index (χ0v) is 14.1. The summed E-state index contributed by atoms with van der Waals surface area (Å²) < 4.78 is 5.10. The second-order valence-corrected chi connectivity index (χ2v) is 5.74. The third kappa shape index (κ3) is 4.96. The van der Waals surface area contributed by atoms with Crippen molar-refractivity contribution in [2.24, 2.45) is 0 Å². The lowest BCUT2D eigenvalue weighted by atomic mass is 9.98. The first-order valence-corrected chi connectivity index (χ1v) is 7.52. The topological polar surface area (TPSA) is 92.7 Å². The second kappa shape index (κ2) is 7.97. The molecule has 0 spiro atoms. The molecule has 1 atom stereocenters. The first kappa shape index (κ1) is 19.0. The quantitative estimate of drug-likeness (QED) is 0.709. The van der Waals surface area contributed by atoms with Gasteiger partial charge in [0.1, 0.15) is 11.3 Å². The van der Waals surface area contributed by atoms with Gasteiger partial charge in [0, 0.05) is 17.9 Å². The van der Waals surface area contributed by atoms with Crippen molar-refractivity contribution in [3.63, 3.8) is 0 Å². The van der Waals surface area contributed by atoms with Crippen LogP contribution in [-0.4, -0.2) is 35.4 Å². The van der Waals surface area contributed by atoms with E-state index in [1.165, 1.54) is 20.1 Å². The van der Waals surface area contributed by atoms with Crippen LogP contribution in [-0.2, 0) is 9.59 Å². The summed E-state index contributed by atoms with van der Waals surface area (Å²) in [7, 11) is 1.44.